The molecule has 1 aromatic rings. The third-order valence-electron chi connectivity index (χ3n) is 3.15. The fourth-order valence-electron chi connectivity index (χ4n) is 2.16. The van der Waals surface area contributed by atoms with E-state index in [1.807, 2.05) is 6.92 Å². The van der Waals surface area contributed by atoms with E-state index < -0.39 is 11.6 Å². The molecule has 1 aromatic carbocycles. The summed E-state index contributed by atoms with van der Waals surface area (Å²) in [5, 5.41) is 3.32. The summed E-state index contributed by atoms with van der Waals surface area (Å²) in [6.45, 7) is 3.32. The summed E-state index contributed by atoms with van der Waals surface area (Å²) in [4.78, 5) is 0. The fourth-order valence-corrected chi connectivity index (χ4v) is 2.16. The van der Waals surface area contributed by atoms with Crippen LogP contribution in [0.3, 0.4) is 0 Å². The van der Waals surface area contributed by atoms with Crippen LogP contribution in [-0.4, -0.2) is 19.3 Å². The number of nitrogens with one attached hydrogen (secondary N) is 1. The van der Waals surface area contributed by atoms with Gasteiger partial charge in [-0.2, -0.15) is 0 Å². The van der Waals surface area contributed by atoms with Crippen molar-refractivity contribution in [1.82, 2.24) is 5.32 Å². The zero-order valence-corrected chi connectivity index (χ0v) is 9.88. The summed E-state index contributed by atoms with van der Waals surface area (Å²) in [6.07, 6.45) is 1.84. The molecule has 1 saturated heterocycles. The molecule has 1 fully saturated rings. The SMILES string of the molecule is CC(NC1CCOCC1)c1cccc(F)c1F. The van der Waals surface area contributed by atoms with E-state index in [1.165, 1.54) is 6.07 Å². The van der Waals surface area contributed by atoms with Gasteiger partial charge in [0.1, 0.15) is 0 Å². The molecule has 2 nitrogen and oxygen atoms in total. The molecule has 0 bridgehead atoms. The van der Waals surface area contributed by atoms with Crippen LogP contribution in [0, 0.1) is 11.6 Å². The van der Waals surface area contributed by atoms with Crippen LogP contribution >= 0.6 is 0 Å². The van der Waals surface area contributed by atoms with Gasteiger partial charge in [0.05, 0.1) is 0 Å². The Morgan fingerprint density at radius 2 is 2.00 bits per heavy atom. The van der Waals surface area contributed by atoms with Crippen LogP contribution in [0.25, 0.3) is 0 Å². The maximum atomic E-state index is 13.6. The summed E-state index contributed by atoms with van der Waals surface area (Å²) in [5.41, 5.74) is 0.386. The van der Waals surface area contributed by atoms with Gasteiger partial charge in [-0.1, -0.05) is 12.1 Å². The highest BCUT2D eigenvalue weighted by Crippen LogP contribution is 2.20. The van der Waals surface area contributed by atoms with Crippen LogP contribution in [0.15, 0.2) is 18.2 Å². The Morgan fingerprint density at radius 3 is 2.71 bits per heavy atom. The molecule has 1 aliphatic heterocycles. The Bertz CT molecular complexity index is 378. The van der Waals surface area contributed by atoms with Crippen molar-refractivity contribution in [2.24, 2.45) is 0 Å². The number of benzene rings is 1. The van der Waals surface area contributed by atoms with Gasteiger partial charge in [-0.3, -0.25) is 0 Å². The molecule has 17 heavy (non-hydrogen) atoms. The van der Waals surface area contributed by atoms with Crippen molar-refractivity contribution in [2.75, 3.05) is 13.2 Å². The van der Waals surface area contributed by atoms with Crippen LogP contribution < -0.4 is 5.32 Å². The first kappa shape index (κ1) is 12.5. The second-order valence-corrected chi connectivity index (χ2v) is 4.42. The molecule has 1 unspecified atom stereocenters. The molecule has 1 atom stereocenters. The second kappa shape index (κ2) is 5.56. The van der Waals surface area contributed by atoms with Gasteiger partial charge in [0.25, 0.3) is 0 Å². The van der Waals surface area contributed by atoms with Crippen LogP contribution in [0.5, 0.6) is 0 Å². The Balaban J connectivity index is 2.03. The van der Waals surface area contributed by atoms with E-state index in [2.05, 4.69) is 5.32 Å². The Kier molecular flexibility index (Phi) is 4.07. The number of hydrogen-bond acceptors (Lipinski definition) is 2. The monoisotopic (exact) mass is 241 g/mol. The minimum absolute atomic E-state index is 0.186. The molecule has 0 aliphatic carbocycles. The van der Waals surface area contributed by atoms with Crippen LogP contribution in [0.4, 0.5) is 8.78 Å². The van der Waals surface area contributed by atoms with E-state index in [0.717, 1.165) is 32.1 Å². The van der Waals surface area contributed by atoms with Gasteiger partial charge in [0.2, 0.25) is 0 Å². The molecule has 1 aliphatic rings. The molecule has 0 aromatic heterocycles. The van der Waals surface area contributed by atoms with Crippen molar-refractivity contribution in [1.29, 1.82) is 0 Å². The Hall–Kier alpha value is -1.00. The van der Waals surface area contributed by atoms with Gasteiger partial charge < -0.3 is 10.1 Å². The molecule has 1 N–H and O–H groups in total. The van der Waals surface area contributed by atoms with Gasteiger partial charge in [0, 0.05) is 30.9 Å². The van der Waals surface area contributed by atoms with Crippen molar-refractivity contribution in [3.8, 4) is 0 Å². The van der Waals surface area contributed by atoms with Gasteiger partial charge in [-0.05, 0) is 25.8 Å². The number of hydrogen-bond donors (Lipinski definition) is 1. The maximum Gasteiger partial charge on any atom is 0.163 e. The van der Waals surface area contributed by atoms with E-state index in [4.69, 9.17) is 4.74 Å². The lowest BCUT2D eigenvalue weighted by Crippen LogP contribution is -2.36. The first-order valence-corrected chi connectivity index (χ1v) is 5.96. The third kappa shape index (κ3) is 3.01. The molecule has 0 saturated carbocycles. The molecule has 0 spiro atoms. The quantitative estimate of drug-likeness (QED) is 0.878. The fraction of sp³-hybridized carbons (Fsp3) is 0.538. The average Bonchev–Trinajstić information content (AvgIpc) is 2.34. The number of rotatable bonds is 3. The lowest BCUT2D eigenvalue weighted by Gasteiger charge is -2.27. The zero-order valence-electron chi connectivity index (χ0n) is 9.88. The van der Waals surface area contributed by atoms with Crippen molar-refractivity contribution >= 4 is 0 Å². The highest BCUT2D eigenvalue weighted by Gasteiger charge is 2.19. The first-order chi connectivity index (χ1) is 8.18. The lowest BCUT2D eigenvalue weighted by molar-refractivity contribution is 0.0753. The molecule has 2 rings (SSSR count). The average molecular weight is 241 g/mol. The number of ether oxygens (including phenoxy) is 1. The predicted molar refractivity (Wildman–Crippen MR) is 61.7 cm³/mol. The van der Waals surface area contributed by atoms with Gasteiger partial charge in [0.15, 0.2) is 11.6 Å². The molecule has 0 amide bonds. The van der Waals surface area contributed by atoms with E-state index in [1.54, 1.807) is 6.07 Å². The van der Waals surface area contributed by atoms with Gasteiger partial charge in [-0.25, -0.2) is 8.78 Å². The summed E-state index contributed by atoms with van der Waals surface area (Å²) in [5.74, 6) is -1.54. The summed E-state index contributed by atoms with van der Waals surface area (Å²) in [6, 6.07) is 4.43. The number of halogens is 2. The summed E-state index contributed by atoms with van der Waals surface area (Å²) < 4.78 is 31.9. The van der Waals surface area contributed by atoms with Crippen molar-refractivity contribution < 1.29 is 13.5 Å². The van der Waals surface area contributed by atoms with Crippen LogP contribution in [0.1, 0.15) is 31.4 Å². The normalized spacial score (nSPS) is 19.2. The largest absolute Gasteiger partial charge is 0.381 e. The van der Waals surface area contributed by atoms with E-state index in [0.29, 0.717) is 11.6 Å². The molecular weight excluding hydrogens is 224 g/mol. The molecule has 94 valence electrons. The Labute approximate surface area is 100.0 Å². The molecular formula is C13H17F2NO. The first-order valence-electron chi connectivity index (χ1n) is 5.96. The van der Waals surface area contributed by atoms with Gasteiger partial charge >= 0.3 is 0 Å². The van der Waals surface area contributed by atoms with Crippen molar-refractivity contribution in [2.45, 2.75) is 31.8 Å². The van der Waals surface area contributed by atoms with Gasteiger partial charge in [-0.15, -0.1) is 0 Å². The Morgan fingerprint density at radius 1 is 1.29 bits per heavy atom. The minimum atomic E-state index is -0.789. The molecule has 0 radical (unpaired) electrons. The van der Waals surface area contributed by atoms with E-state index >= 15 is 0 Å². The van der Waals surface area contributed by atoms with Crippen molar-refractivity contribution in [3.63, 3.8) is 0 Å². The summed E-state index contributed by atoms with van der Waals surface area (Å²) in [7, 11) is 0. The van der Waals surface area contributed by atoms with E-state index in [9.17, 15) is 8.78 Å². The highest BCUT2D eigenvalue weighted by molar-refractivity contribution is 5.22. The topological polar surface area (TPSA) is 21.3 Å². The van der Waals surface area contributed by atoms with Crippen LogP contribution in [0.2, 0.25) is 0 Å². The maximum absolute atomic E-state index is 13.6. The second-order valence-electron chi connectivity index (χ2n) is 4.42. The highest BCUT2D eigenvalue weighted by atomic mass is 19.2. The summed E-state index contributed by atoms with van der Waals surface area (Å²) >= 11 is 0. The van der Waals surface area contributed by atoms with Crippen LogP contribution in [-0.2, 0) is 4.74 Å². The predicted octanol–water partition coefficient (Wildman–Crippen LogP) is 2.79. The molecule has 1 heterocycles. The minimum Gasteiger partial charge on any atom is -0.381 e. The smallest absolute Gasteiger partial charge is 0.163 e. The standard InChI is InChI=1S/C13H17F2NO/c1-9(16-10-5-7-17-8-6-10)11-3-2-4-12(14)13(11)15/h2-4,9-10,16H,5-8H2,1H3. The lowest BCUT2D eigenvalue weighted by atomic mass is 10.0. The van der Waals surface area contributed by atoms with Crippen molar-refractivity contribution in [3.05, 3.63) is 35.4 Å². The van der Waals surface area contributed by atoms with E-state index in [-0.39, 0.29) is 6.04 Å². The zero-order chi connectivity index (χ0) is 12.3. The molecule has 4 heteroatoms. The third-order valence-corrected chi connectivity index (χ3v) is 3.15.